The number of hydrogen-bond donors (Lipinski definition) is 0. The summed E-state index contributed by atoms with van der Waals surface area (Å²) in [6, 6.07) is 3.15. The lowest BCUT2D eigenvalue weighted by Crippen LogP contribution is -2.14. The van der Waals surface area contributed by atoms with Gasteiger partial charge in [0.1, 0.15) is 11.6 Å². The van der Waals surface area contributed by atoms with E-state index >= 15 is 0 Å². The molecule has 118 valence electrons. The van der Waals surface area contributed by atoms with Crippen LogP contribution in [0.15, 0.2) is 12.1 Å². The predicted octanol–water partition coefficient (Wildman–Crippen LogP) is 6.38. The van der Waals surface area contributed by atoms with Gasteiger partial charge >= 0.3 is 0 Å². The van der Waals surface area contributed by atoms with Crippen LogP contribution >= 0.6 is 0 Å². The molecule has 21 heavy (non-hydrogen) atoms. The monoisotopic (exact) mass is 294 g/mol. The van der Waals surface area contributed by atoms with E-state index in [4.69, 9.17) is 0 Å². The first-order valence-corrected chi connectivity index (χ1v) is 8.63. The molecule has 0 aromatic heterocycles. The predicted molar refractivity (Wildman–Crippen MR) is 84.6 cm³/mol. The van der Waals surface area contributed by atoms with Crippen molar-refractivity contribution in [1.29, 1.82) is 0 Å². The van der Waals surface area contributed by atoms with Crippen LogP contribution in [0.4, 0.5) is 8.78 Å². The molecule has 0 bridgehead atoms. The second-order valence-corrected chi connectivity index (χ2v) is 6.53. The minimum atomic E-state index is -0.363. The number of halogens is 2. The van der Waals surface area contributed by atoms with E-state index in [2.05, 4.69) is 6.92 Å². The average Bonchev–Trinajstić information content (AvgIpc) is 2.48. The van der Waals surface area contributed by atoms with Crippen LogP contribution < -0.4 is 0 Å². The second-order valence-electron chi connectivity index (χ2n) is 6.53. The van der Waals surface area contributed by atoms with Gasteiger partial charge in [0, 0.05) is 5.56 Å². The van der Waals surface area contributed by atoms with Crippen molar-refractivity contribution in [3.05, 3.63) is 34.9 Å². The van der Waals surface area contributed by atoms with Crippen LogP contribution in [0.2, 0.25) is 0 Å². The second kappa shape index (κ2) is 7.91. The molecule has 0 aliphatic heterocycles. The third-order valence-corrected chi connectivity index (χ3v) is 5.05. The van der Waals surface area contributed by atoms with E-state index in [1.165, 1.54) is 38.5 Å². The number of unbranched alkanes of at least 4 members (excludes halogenated alkanes) is 2. The Morgan fingerprint density at radius 3 is 2.10 bits per heavy atom. The topological polar surface area (TPSA) is 0 Å². The molecule has 0 unspecified atom stereocenters. The molecule has 0 radical (unpaired) electrons. The maximum absolute atomic E-state index is 13.9. The Hall–Kier alpha value is -0.920. The van der Waals surface area contributed by atoms with Gasteiger partial charge in [-0.25, -0.2) is 8.78 Å². The highest BCUT2D eigenvalue weighted by atomic mass is 19.1. The third-order valence-electron chi connectivity index (χ3n) is 5.05. The van der Waals surface area contributed by atoms with E-state index in [1.807, 2.05) is 0 Å². The largest absolute Gasteiger partial charge is 0.207 e. The Kier molecular flexibility index (Phi) is 6.20. The Morgan fingerprint density at radius 2 is 1.57 bits per heavy atom. The van der Waals surface area contributed by atoms with E-state index < -0.39 is 0 Å². The van der Waals surface area contributed by atoms with Gasteiger partial charge in [0.25, 0.3) is 0 Å². The third kappa shape index (κ3) is 4.28. The molecule has 0 N–H and O–H groups in total. The highest BCUT2D eigenvalue weighted by Gasteiger charge is 2.23. The van der Waals surface area contributed by atoms with Crippen molar-refractivity contribution < 1.29 is 8.78 Å². The first kappa shape index (κ1) is 16.5. The summed E-state index contributed by atoms with van der Waals surface area (Å²) in [4.78, 5) is 0. The van der Waals surface area contributed by atoms with E-state index in [1.54, 1.807) is 19.1 Å². The molecule has 0 atom stereocenters. The van der Waals surface area contributed by atoms with Crippen LogP contribution in [0.5, 0.6) is 0 Å². The summed E-state index contributed by atoms with van der Waals surface area (Å²) >= 11 is 0. The maximum Gasteiger partial charge on any atom is 0.129 e. The van der Waals surface area contributed by atoms with Crippen LogP contribution in [0.3, 0.4) is 0 Å². The Labute approximate surface area is 128 Å². The molecule has 1 aliphatic carbocycles. The zero-order valence-corrected chi connectivity index (χ0v) is 13.4. The molecular formula is C19H28F2. The Bertz CT molecular complexity index is 422. The molecule has 1 fully saturated rings. The molecule has 1 aliphatic rings. The van der Waals surface area contributed by atoms with E-state index in [0.29, 0.717) is 12.3 Å². The van der Waals surface area contributed by atoms with Crippen molar-refractivity contribution in [2.24, 2.45) is 5.92 Å². The van der Waals surface area contributed by atoms with E-state index in [0.717, 1.165) is 24.3 Å². The summed E-state index contributed by atoms with van der Waals surface area (Å²) in [5.41, 5.74) is 1.10. The molecule has 0 spiro atoms. The normalized spacial score (nSPS) is 22.5. The van der Waals surface area contributed by atoms with Crippen LogP contribution in [0.1, 0.15) is 82.3 Å². The summed E-state index contributed by atoms with van der Waals surface area (Å²) in [5, 5.41) is 0. The summed E-state index contributed by atoms with van der Waals surface area (Å²) in [5.74, 6) is 0.454. The molecule has 2 rings (SSSR count). The molecule has 1 aromatic carbocycles. The van der Waals surface area contributed by atoms with Crippen molar-refractivity contribution in [2.45, 2.75) is 77.6 Å². The first-order valence-electron chi connectivity index (χ1n) is 8.63. The quantitative estimate of drug-likeness (QED) is 0.534. The number of benzene rings is 1. The highest BCUT2D eigenvalue weighted by molar-refractivity contribution is 5.29. The molecule has 0 nitrogen and oxygen atoms in total. The minimum absolute atomic E-state index is 0.229. The highest BCUT2D eigenvalue weighted by Crippen LogP contribution is 2.38. The zero-order chi connectivity index (χ0) is 15.2. The van der Waals surface area contributed by atoms with E-state index in [-0.39, 0.29) is 17.2 Å². The number of hydrogen-bond acceptors (Lipinski definition) is 0. The van der Waals surface area contributed by atoms with Gasteiger partial charge in [0.05, 0.1) is 0 Å². The summed E-state index contributed by atoms with van der Waals surface area (Å²) < 4.78 is 27.8. The SMILES string of the molecule is CCCCCC1CCC(c2cc(F)c(CC)c(F)c2)CC1. The van der Waals surface area contributed by atoms with Gasteiger partial charge in [-0.1, -0.05) is 39.5 Å². The minimum Gasteiger partial charge on any atom is -0.207 e. The van der Waals surface area contributed by atoms with Gasteiger partial charge in [0.15, 0.2) is 0 Å². The lowest BCUT2D eigenvalue weighted by atomic mass is 9.77. The molecule has 0 amide bonds. The molecule has 1 saturated carbocycles. The molecule has 2 heteroatoms. The zero-order valence-electron chi connectivity index (χ0n) is 13.4. The van der Waals surface area contributed by atoms with Crippen LogP contribution in [-0.2, 0) is 6.42 Å². The van der Waals surface area contributed by atoms with Crippen molar-refractivity contribution >= 4 is 0 Å². The van der Waals surface area contributed by atoms with Gasteiger partial charge in [-0.05, 0) is 61.6 Å². The number of rotatable bonds is 6. The first-order chi connectivity index (χ1) is 10.2. The van der Waals surface area contributed by atoms with Crippen LogP contribution in [0, 0.1) is 17.6 Å². The van der Waals surface area contributed by atoms with Crippen molar-refractivity contribution in [3.8, 4) is 0 Å². The molecule has 0 saturated heterocycles. The van der Waals surface area contributed by atoms with Crippen LogP contribution in [0.25, 0.3) is 0 Å². The fourth-order valence-electron chi connectivity index (χ4n) is 3.66. The fourth-order valence-corrected chi connectivity index (χ4v) is 3.66. The van der Waals surface area contributed by atoms with Gasteiger partial charge in [0.2, 0.25) is 0 Å². The Morgan fingerprint density at radius 1 is 0.952 bits per heavy atom. The summed E-state index contributed by atoms with van der Waals surface area (Å²) in [7, 11) is 0. The van der Waals surface area contributed by atoms with Crippen molar-refractivity contribution in [1.82, 2.24) is 0 Å². The smallest absolute Gasteiger partial charge is 0.129 e. The molecule has 1 aromatic rings. The van der Waals surface area contributed by atoms with Gasteiger partial charge < -0.3 is 0 Å². The lowest BCUT2D eigenvalue weighted by Gasteiger charge is -2.29. The summed E-state index contributed by atoms with van der Waals surface area (Å²) in [6.07, 6.45) is 10.3. The lowest BCUT2D eigenvalue weighted by molar-refractivity contribution is 0.302. The van der Waals surface area contributed by atoms with Gasteiger partial charge in [-0.2, -0.15) is 0 Å². The van der Waals surface area contributed by atoms with Crippen LogP contribution in [-0.4, -0.2) is 0 Å². The Balaban J connectivity index is 1.93. The molecule has 0 heterocycles. The van der Waals surface area contributed by atoms with E-state index in [9.17, 15) is 8.78 Å². The summed E-state index contributed by atoms with van der Waals surface area (Å²) in [6.45, 7) is 4.03. The van der Waals surface area contributed by atoms with Crippen molar-refractivity contribution in [3.63, 3.8) is 0 Å². The van der Waals surface area contributed by atoms with Gasteiger partial charge in [-0.15, -0.1) is 0 Å². The molecular weight excluding hydrogens is 266 g/mol. The average molecular weight is 294 g/mol. The maximum atomic E-state index is 13.9. The van der Waals surface area contributed by atoms with Gasteiger partial charge in [-0.3, -0.25) is 0 Å². The fraction of sp³-hybridized carbons (Fsp3) is 0.684. The standard InChI is InChI=1S/C19H28F2/c1-3-5-6-7-14-8-10-15(11-9-14)16-12-18(20)17(4-2)19(21)13-16/h12-15H,3-11H2,1-2H3. The van der Waals surface area contributed by atoms with Crippen molar-refractivity contribution in [2.75, 3.05) is 0 Å².